The minimum Gasteiger partial charge on any atom is -0.491 e. The van der Waals surface area contributed by atoms with Crippen LogP contribution in [0, 0.1) is 24.3 Å². The lowest BCUT2D eigenvalue weighted by molar-refractivity contribution is 0.197. The summed E-state index contributed by atoms with van der Waals surface area (Å²) in [6.45, 7) is 22.1. The molecule has 0 saturated carbocycles. The van der Waals surface area contributed by atoms with E-state index in [0.717, 1.165) is 19.3 Å². The van der Waals surface area contributed by atoms with Gasteiger partial charge in [0.05, 0.1) is 26.4 Å². The minimum absolute atomic E-state index is 0.443. The van der Waals surface area contributed by atoms with E-state index in [1.807, 2.05) is 0 Å². The lowest BCUT2D eigenvalue weighted by Gasteiger charge is -2.21. The Morgan fingerprint density at radius 3 is 1.50 bits per heavy atom. The summed E-state index contributed by atoms with van der Waals surface area (Å²) in [5, 5.41) is 0. The molecular formula is C22H35NO3. The van der Waals surface area contributed by atoms with E-state index in [1.54, 1.807) is 12.1 Å². The zero-order valence-corrected chi connectivity index (χ0v) is 17.3. The average molecular weight is 362 g/mol. The number of nitrogens with zero attached hydrogens (tertiary/aromatic N) is 1. The third kappa shape index (κ3) is 7.15. The molecule has 0 fully saturated rings. The monoisotopic (exact) mass is 361 g/mol. The van der Waals surface area contributed by atoms with Crippen molar-refractivity contribution >= 4 is 5.69 Å². The first-order valence-electron chi connectivity index (χ1n) is 9.88. The van der Waals surface area contributed by atoms with E-state index in [9.17, 15) is 0 Å². The Hall–Kier alpha value is -1.89. The fourth-order valence-corrected chi connectivity index (χ4v) is 2.03. The van der Waals surface area contributed by atoms with Gasteiger partial charge in [-0.3, -0.25) is 0 Å². The second-order valence-corrected chi connectivity index (χ2v) is 7.36. The molecule has 1 aromatic rings. The summed E-state index contributed by atoms with van der Waals surface area (Å²) in [6, 6.07) is 3.52. The maximum Gasteiger partial charge on any atom is 0.200 e. The van der Waals surface area contributed by atoms with Crippen LogP contribution < -0.4 is 14.2 Å². The van der Waals surface area contributed by atoms with E-state index in [-0.39, 0.29) is 0 Å². The first kappa shape index (κ1) is 22.2. The zero-order chi connectivity index (χ0) is 19.5. The number of rotatable bonds is 12. The molecule has 146 valence electrons. The Labute approximate surface area is 159 Å². The van der Waals surface area contributed by atoms with Crippen molar-refractivity contribution in [3.63, 3.8) is 0 Å². The molecule has 0 aromatic heterocycles. The molecule has 0 unspecified atom stereocenters. The van der Waals surface area contributed by atoms with Crippen molar-refractivity contribution in [1.29, 1.82) is 0 Å². The summed E-state index contributed by atoms with van der Waals surface area (Å²) >= 11 is 0. The molecule has 0 saturated heterocycles. The molecule has 1 aromatic carbocycles. The lowest BCUT2D eigenvalue weighted by Crippen LogP contribution is -2.13. The number of hydrogen-bond donors (Lipinski definition) is 0. The first-order chi connectivity index (χ1) is 12.4. The van der Waals surface area contributed by atoms with Crippen molar-refractivity contribution in [2.45, 2.75) is 60.8 Å². The van der Waals surface area contributed by atoms with Crippen LogP contribution in [-0.4, -0.2) is 19.8 Å². The van der Waals surface area contributed by atoms with Crippen molar-refractivity contribution in [3.05, 3.63) is 23.5 Å². The molecule has 0 bridgehead atoms. The largest absolute Gasteiger partial charge is 0.491 e. The molecular weight excluding hydrogens is 326 g/mol. The summed E-state index contributed by atoms with van der Waals surface area (Å²) in [6.07, 6.45) is 3.14. The SMILES string of the molecule is [C-]#[N+]c1cc(OC[C@@H](C)CC)c(OC[C@@H](C)CC)c(OC[C@@H](C)CC)c1. The Kier molecular flexibility index (Phi) is 9.95. The van der Waals surface area contributed by atoms with E-state index in [2.05, 4.69) is 46.4 Å². The molecule has 0 radical (unpaired) electrons. The van der Waals surface area contributed by atoms with E-state index in [1.165, 1.54) is 0 Å². The summed E-state index contributed by atoms with van der Waals surface area (Å²) in [7, 11) is 0. The molecule has 3 atom stereocenters. The number of benzene rings is 1. The third-order valence-corrected chi connectivity index (χ3v) is 4.78. The van der Waals surface area contributed by atoms with Crippen LogP contribution in [0.4, 0.5) is 5.69 Å². The molecule has 26 heavy (non-hydrogen) atoms. The highest BCUT2D eigenvalue weighted by Crippen LogP contribution is 2.42. The van der Waals surface area contributed by atoms with Crippen LogP contribution in [0.15, 0.2) is 12.1 Å². The smallest absolute Gasteiger partial charge is 0.200 e. The van der Waals surface area contributed by atoms with Gasteiger partial charge in [-0.2, -0.15) is 0 Å². The average Bonchev–Trinajstić information content (AvgIpc) is 2.67. The molecule has 0 aliphatic rings. The van der Waals surface area contributed by atoms with Gasteiger partial charge in [0.15, 0.2) is 17.2 Å². The van der Waals surface area contributed by atoms with Crippen LogP contribution in [0.1, 0.15) is 60.8 Å². The van der Waals surface area contributed by atoms with Gasteiger partial charge in [0.1, 0.15) is 0 Å². The summed E-state index contributed by atoms with van der Waals surface area (Å²) in [5.74, 6) is 3.18. The Morgan fingerprint density at radius 2 is 1.15 bits per heavy atom. The third-order valence-electron chi connectivity index (χ3n) is 4.78. The first-order valence-corrected chi connectivity index (χ1v) is 9.88. The van der Waals surface area contributed by atoms with Gasteiger partial charge in [-0.15, -0.1) is 0 Å². The number of hydrogen-bond acceptors (Lipinski definition) is 3. The molecule has 0 amide bonds. The van der Waals surface area contributed by atoms with Crippen LogP contribution in [0.25, 0.3) is 4.85 Å². The molecule has 0 N–H and O–H groups in total. The van der Waals surface area contributed by atoms with Crippen LogP contribution in [-0.2, 0) is 0 Å². The van der Waals surface area contributed by atoms with Gasteiger partial charge in [0, 0.05) is 0 Å². The van der Waals surface area contributed by atoms with Crippen molar-refractivity contribution in [2.75, 3.05) is 19.8 Å². The standard InChI is InChI=1S/C22H35NO3/c1-8-16(4)13-24-20-11-19(23-7)12-21(25-14-17(5)9-2)22(20)26-15-18(6)10-3/h11-12,16-18H,8-10,13-15H2,1-6H3/t16-,17-,18-/m0/s1. The fraction of sp³-hybridized carbons (Fsp3) is 0.682. The highest BCUT2D eigenvalue weighted by molar-refractivity contribution is 5.63. The molecule has 0 aliphatic heterocycles. The van der Waals surface area contributed by atoms with Crippen molar-refractivity contribution in [2.24, 2.45) is 17.8 Å². The Bertz CT molecular complexity index is 544. The van der Waals surface area contributed by atoms with Gasteiger partial charge in [0.25, 0.3) is 0 Å². The molecule has 0 heterocycles. The predicted molar refractivity (Wildman–Crippen MR) is 108 cm³/mol. The molecule has 1 rings (SSSR count). The van der Waals surface area contributed by atoms with E-state index in [4.69, 9.17) is 20.8 Å². The fourth-order valence-electron chi connectivity index (χ4n) is 2.03. The topological polar surface area (TPSA) is 32.0 Å². The minimum atomic E-state index is 0.443. The quantitative estimate of drug-likeness (QED) is 0.398. The summed E-state index contributed by atoms with van der Waals surface area (Å²) in [5.41, 5.74) is 0.513. The molecule has 4 heteroatoms. The normalized spacial score (nSPS) is 14.2. The maximum atomic E-state index is 7.39. The van der Waals surface area contributed by atoms with Crippen LogP contribution in [0.2, 0.25) is 0 Å². The van der Waals surface area contributed by atoms with Gasteiger partial charge in [-0.25, -0.2) is 4.85 Å². The highest BCUT2D eigenvalue weighted by Gasteiger charge is 2.18. The van der Waals surface area contributed by atoms with E-state index < -0.39 is 0 Å². The molecule has 0 spiro atoms. The van der Waals surface area contributed by atoms with Crippen LogP contribution in [0.3, 0.4) is 0 Å². The van der Waals surface area contributed by atoms with Gasteiger partial charge < -0.3 is 14.2 Å². The van der Waals surface area contributed by atoms with Crippen LogP contribution >= 0.6 is 0 Å². The summed E-state index contributed by atoms with van der Waals surface area (Å²) < 4.78 is 18.1. The van der Waals surface area contributed by atoms with E-state index >= 15 is 0 Å². The Balaban J connectivity index is 3.13. The van der Waals surface area contributed by atoms with E-state index in [0.29, 0.717) is 60.5 Å². The van der Waals surface area contributed by atoms with Crippen LogP contribution in [0.5, 0.6) is 17.2 Å². The van der Waals surface area contributed by atoms with Gasteiger partial charge in [0.2, 0.25) is 5.75 Å². The molecule has 0 aliphatic carbocycles. The second kappa shape index (κ2) is 11.7. The van der Waals surface area contributed by atoms with Gasteiger partial charge in [-0.1, -0.05) is 60.8 Å². The van der Waals surface area contributed by atoms with Gasteiger partial charge >= 0.3 is 0 Å². The Morgan fingerprint density at radius 1 is 0.769 bits per heavy atom. The number of ether oxygens (including phenoxy) is 3. The van der Waals surface area contributed by atoms with Crippen molar-refractivity contribution < 1.29 is 14.2 Å². The lowest BCUT2D eigenvalue weighted by atomic mass is 10.1. The maximum absolute atomic E-state index is 7.39. The van der Waals surface area contributed by atoms with Crippen molar-refractivity contribution in [1.82, 2.24) is 0 Å². The highest BCUT2D eigenvalue weighted by atomic mass is 16.5. The molecule has 4 nitrogen and oxygen atoms in total. The van der Waals surface area contributed by atoms with Gasteiger partial charge in [-0.05, 0) is 29.9 Å². The van der Waals surface area contributed by atoms with Crippen molar-refractivity contribution in [3.8, 4) is 17.2 Å². The zero-order valence-electron chi connectivity index (χ0n) is 17.3. The predicted octanol–water partition coefficient (Wildman–Crippen LogP) is 6.51. The second-order valence-electron chi connectivity index (χ2n) is 7.36. The summed E-state index contributed by atoms with van der Waals surface area (Å²) in [4.78, 5) is 3.57.